The number of rotatable bonds is 6. The van der Waals surface area contributed by atoms with E-state index in [0.29, 0.717) is 19.3 Å². The number of aliphatic hydroxyl groups excluding tert-OH is 2. The summed E-state index contributed by atoms with van der Waals surface area (Å²) in [7, 11) is 0. The second kappa shape index (κ2) is 6.32. The Labute approximate surface area is 79.8 Å². The summed E-state index contributed by atoms with van der Waals surface area (Å²) in [4.78, 5) is 1.22. The second-order valence-electron chi connectivity index (χ2n) is 3.09. The lowest BCUT2D eigenvalue weighted by Gasteiger charge is -2.33. The Morgan fingerprint density at radius 2 is 1.38 bits per heavy atom. The van der Waals surface area contributed by atoms with E-state index in [4.69, 9.17) is 0 Å². The standard InChI is InChI=1S/C9H20NO3/c1-4-7(11)10(8(12)5-2)9(13)6-3/h7-9,11-12H,4-6H2,1-3H3. The van der Waals surface area contributed by atoms with Crippen molar-refractivity contribution in [1.82, 2.24) is 4.90 Å². The first-order valence-electron chi connectivity index (χ1n) is 4.87. The molecule has 0 aliphatic carbocycles. The van der Waals surface area contributed by atoms with Gasteiger partial charge in [0.15, 0.2) is 0 Å². The molecule has 0 bridgehead atoms. The third kappa shape index (κ3) is 3.60. The summed E-state index contributed by atoms with van der Waals surface area (Å²) < 4.78 is 0. The van der Waals surface area contributed by atoms with E-state index in [0.717, 1.165) is 0 Å². The smallest absolute Gasteiger partial charge is 0.150 e. The van der Waals surface area contributed by atoms with E-state index < -0.39 is 18.7 Å². The van der Waals surface area contributed by atoms with Gasteiger partial charge in [-0.15, -0.1) is 0 Å². The quantitative estimate of drug-likeness (QED) is 0.612. The summed E-state index contributed by atoms with van der Waals surface area (Å²) in [5.41, 5.74) is 0. The molecule has 0 aromatic carbocycles. The van der Waals surface area contributed by atoms with E-state index in [1.165, 1.54) is 4.90 Å². The average Bonchev–Trinajstić information content (AvgIpc) is 2.16. The van der Waals surface area contributed by atoms with E-state index in [1.54, 1.807) is 20.8 Å². The first-order valence-corrected chi connectivity index (χ1v) is 4.87. The van der Waals surface area contributed by atoms with Gasteiger partial charge in [0.1, 0.15) is 18.7 Å². The zero-order valence-electron chi connectivity index (χ0n) is 8.60. The minimum Gasteiger partial charge on any atom is -0.378 e. The SMILES string of the molecule is CCC([O])N(C(O)CC)C(O)CC. The van der Waals surface area contributed by atoms with Crippen LogP contribution >= 0.6 is 0 Å². The monoisotopic (exact) mass is 190 g/mol. The van der Waals surface area contributed by atoms with Crippen LogP contribution in [0.25, 0.3) is 0 Å². The maximum atomic E-state index is 11.4. The van der Waals surface area contributed by atoms with E-state index >= 15 is 0 Å². The molecule has 3 unspecified atom stereocenters. The fraction of sp³-hybridized carbons (Fsp3) is 1.00. The van der Waals surface area contributed by atoms with Crippen LogP contribution in [-0.2, 0) is 5.11 Å². The first kappa shape index (κ1) is 12.8. The van der Waals surface area contributed by atoms with Crippen LogP contribution in [0.2, 0.25) is 0 Å². The van der Waals surface area contributed by atoms with Gasteiger partial charge in [0, 0.05) is 0 Å². The average molecular weight is 190 g/mol. The maximum absolute atomic E-state index is 11.4. The molecule has 0 aromatic rings. The highest BCUT2D eigenvalue weighted by molar-refractivity contribution is 4.66. The lowest BCUT2D eigenvalue weighted by molar-refractivity contribution is -0.198. The molecular formula is C9H20NO3. The van der Waals surface area contributed by atoms with Crippen molar-refractivity contribution in [2.45, 2.75) is 58.7 Å². The minimum absolute atomic E-state index is 0.383. The van der Waals surface area contributed by atoms with Crippen LogP contribution in [0, 0.1) is 0 Å². The Kier molecular flexibility index (Phi) is 6.24. The zero-order chi connectivity index (χ0) is 10.4. The lowest BCUT2D eigenvalue weighted by Crippen LogP contribution is -2.48. The van der Waals surface area contributed by atoms with Gasteiger partial charge in [0.05, 0.1) is 0 Å². The fourth-order valence-electron chi connectivity index (χ4n) is 1.21. The molecule has 1 radical (unpaired) electrons. The van der Waals surface area contributed by atoms with Crippen LogP contribution in [0.5, 0.6) is 0 Å². The Balaban J connectivity index is 4.34. The predicted octanol–water partition coefficient (Wildman–Crippen LogP) is 0.912. The largest absolute Gasteiger partial charge is 0.378 e. The number of hydrogen-bond acceptors (Lipinski definition) is 3. The van der Waals surface area contributed by atoms with Crippen molar-refractivity contribution in [3.63, 3.8) is 0 Å². The summed E-state index contributed by atoms with van der Waals surface area (Å²) in [5, 5.41) is 30.4. The molecule has 0 aliphatic rings. The van der Waals surface area contributed by atoms with Crippen molar-refractivity contribution in [2.24, 2.45) is 0 Å². The van der Waals surface area contributed by atoms with Crippen LogP contribution < -0.4 is 0 Å². The molecule has 0 aliphatic heterocycles. The molecule has 0 saturated carbocycles. The summed E-state index contributed by atoms with van der Waals surface area (Å²) in [6.45, 7) is 5.31. The molecule has 4 nitrogen and oxygen atoms in total. The zero-order valence-corrected chi connectivity index (χ0v) is 8.60. The Hall–Kier alpha value is -0.160. The van der Waals surface area contributed by atoms with Gasteiger partial charge in [0.2, 0.25) is 0 Å². The molecule has 0 spiro atoms. The minimum atomic E-state index is -1.02. The molecule has 0 saturated heterocycles. The second-order valence-corrected chi connectivity index (χ2v) is 3.09. The molecule has 0 amide bonds. The molecule has 0 rings (SSSR count). The highest BCUT2D eigenvalue weighted by Gasteiger charge is 2.27. The molecular weight excluding hydrogens is 170 g/mol. The van der Waals surface area contributed by atoms with E-state index in [1.807, 2.05) is 0 Å². The van der Waals surface area contributed by atoms with Gasteiger partial charge in [-0.05, 0) is 19.3 Å². The van der Waals surface area contributed by atoms with Gasteiger partial charge in [-0.2, -0.15) is 0 Å². The van der Waals surface area contributed by atoms with Gasteiger partial charge in [-0.1, -0.05) is 20.8 Å². The van der Waals surface area contributed by atoms with Gasteiger partial charge in [-0.3, -0.25) is 0 Å². The fourth-order valence-corrected chi connectivity index (χ4v) is 1.21. The van der Waals surface area contributed by atoms with Gasteiger partial charge >= 0.3 is 0 Å². The number of aliphatic hydroxyl groups is 2. The number of nitrogens with zero attached hydrogens (tertiary/aromatic N) is 1. The first-order chi connectivity index (χ1) is 6.08. The highest BCUT2D eigenvalue weighted by Crippen LogP contribution is 2.13. The van der Waals surface area contributed by atoms with Crippen LogP contribution in [0.4, 0.5) is 0 Å². The van der Waals surface area contributed by atoms with Crippen molar-refractivity contribution in [3.05, 3.63) is 0 Å². The Morgan fingerprint density at radius 1 is 1.00 bits per heavy atom. The Morgan fingerprint density at radius 3 is 1.62 bits per heavy atom. The van der Waals surface area contributed by atoms with Crippen LogP contribution in [-0.4, -0.2) is 33.8 Å². The summed E-state index contributed by atoms with van der Waals surface area (Å²) in [6, 6.07) is 0. The molecule has 4 heteroatoms. The van der Waals surface area contributed by atoms with Gasteiger partial charge in [0.25, 0.3) is 0 Å². The summed E-state index contributed by atoms with van der Waals surface area (Å²) >= 11 is 0. The van der Waals surface area contributed by atoms with Crippen molar-refractivity contribution < 1.29 is 15.3 Å². The van der Waals surface area contributed by atoms with Gasteiger partial charge < -0.3 is 10.2 Å². The summed E-state index contributed by atoms with van der Waals surface area (Å²) in [6.07, 6.45) is -1.40. The van der Waals surface area contributed by atoms with Crippen LogP contribution in [0.3, 0.4) is 0 Å². The van der Waals surface area contributed by atoms with Crippen LogP contribution in [0.15, 0.2) is 0 Å². The molecule has 3 atom stereocenters. The van der Waals surface area contributed by atoms with E-state index in [9.17, 15) is 15.3 Å². The maximum Gasteiger partial charge on any atom is 0.150 e. The van der Waals surface area contributed by atoms with E-state index in [2.05, 4.69) is 0 Å². The predicted molar refractivity (Wildman–Crippen MR) is 49.2 cm³/mol. The van der Waals surface area contributed by atoms with Crippen LogP contribution in [0.1, 0.15) is 40.0 Å². The molecule has 79 valence electrons. The molecule has 0 fully saturated rings. The topological polar surface area (TPSA) is 63.6 Å². The third-order valence-corrected chi connectivity index (χ3v) is 2.10. The van der Waals surface area contributed by atoms with Crippen molar-refractivity contribution >= 4 is 0 Å². The summed E-state index contributed by atoms with van der Waals surface area (Å²) in [5.74, 6) is 0. The van der Waals surface area contributed by atoms with E-state index in [-0.39, 0.29) is 0 Å². The molecule has 0 heterocycles. The normalized spacial score (nSPS) is 18.7. The third-order valence-electron chi connectivity index (χ3n) is 2.10. The number of hydrogen-bond donors (Lipinski definition) is 2. The lowest BCUT2D eigenvalue weighted by atomic mass is 10.2. The molecule has 13 heavy (non-hydrogen) atoms. The molecule has 0 aromatic heterocycles. The molecule has 2 N–H and O–H groups in total. The van der Waals surface area contributed by atoms with Gasteiger partial charge in [-0.25, -0.2) is 10.0 Å². The van der Waals surface area contributed by atoms with Crippen molar-refractivity contribution in [2.75, 3.05) is 0 Å². The van der Waals surface area contributed by atoms with Crippen molar-refractivity contribution in [1.29, 1.82) is 0 Å². The van der Waals surface area contributed by atoms with Crippen molar-refractivity contribution in [3.8, 4) is 0 Å². The highest BCUT2D eigenvalue weighted by atomic mass is 16.4. The Bertz CT molecular complexity index is 108.